The molecule has 0 aliphatic heterocycles. The van der Waals surface area contributed by atoms with Gasteiger partial charge >= 0.3 is 0 Å². The quantitative estimate of drug-likeness (QED) is 0.847. The standard InChI is InChI=1S/C11H17N5/c1-8(2)6-15(3)11-10-13-4-5-16(10)7-9(12)14-11/h4-5,7-8H,6,12H2,1-3H3. The zero-order valence-electron chi connectivity index (χ0n) is 9.88. The van der Waals surface area contributed by atoms with Crippen LogP contribution in [0.15, 0.2) is 18.6 Å². The summed E-state index contributed by atoms with van der Waals surface area (Å²) in [6, 6.07) is 0. The number of imidazole rings is 1. The third-order valence-electron chi connectivity index (χ3n) is 2.38. The second-order valence-corrected chi connectivity index (χ2v) is 4.42. The van der Waals surface area contributed by atoms with Crippen LogP contribution in [0.5, 0.6) is 0 Å². The van der Waals surface area contributed by atoms with E-state index < -0.39 is 0 Å². The van der Waals surface area contributed by atoms with Crippen molar-refractivity contribution in [2.75, 3.05) is 24.2 Å². The minimum atomic E-state index is 0.510. The molecule has 0 aliphatic rings. The minimum Gasteiger partial charge on any atom is -0.382 e. The highest BCUT2D eigenvalue weighted by atomic mass is 15.2. The van der Waals surface area contributed by atoms with Crippen molar-refractivity contribution >= 4 is 17.3 Å². The number of aromatic nitrogens is 3. The van der Waals surface area contributed by atoms with Crippen molar-refractivity contribution in [2.45, 2.75) is 13.8 Å². The number of nitrogens with zero attached hydrogens (tertiary/aromatic N) is 4. The second-order valence-electron chi connectivity index (χ2n) is 4.42. The molecule has 2 aromatic rings. The fourth-order valence-corrected chi connectivity index (χ4v) is 1.82. The van der Waals surface area contributed by atoms with Crippen LogP contribution in [0.1, 0.15) is 13.8 Å². The van der Waals surface area contributed by atoms with Gasteiger partial charge in [-0.15, -0.1) is 0 Å². The van der Waals surface area contributed by atoms with Gasteiger partial charge in [-0.3, -0.25) is 0 Å². The van der Waals surface area contributed by atoms with Crippen molar-refractivity contribution in [3.8, 4) is 0 Å². The summed E-state index contributed by atoms with van der Waals surface area (Å²) in [5.41, 5.74) is 6.61. The van der Waals surface area contributed by atoms with Gasteiger partial charge in [0.15, 0.2) is 11.5 Å². The van der Waals surface area contributed by atoms with E-state index in [2.05, 4.69) is 28.7 Å². The topological polar surface area (TPSA) is 59.5 Å². The summed E-state index contributed by atoms with van der Waals surface area (Å²) in [5.74, 6) is 1.91. The monoisotopic (exact) mass is 219 g/mol. The largest absolute Gasteiger partial charge is 0.382 e. The normalized spacial score (nSPS) is 11.2. The van der Waals surface area contributed by atoms with Crippen LogP contribution in [0.4, 0.5) is 11.6 Å². The summed E-state index contributed by atoms with van der Waals surface area (Å²) in [4.78, 5) is 10.7. The molecule has 5 nitrogen and oxygen atoms in total. The Kier molecular flexibility index (Phi) is 2.68. The van der Waals surface area contributed by atoms with Gasteiger partial charge in [0.1, 0.15) is 5.82 Å². The summed E-state index contributed by atoms with van der Waals surface area (Å²) >= 11 is 0. The van der Waals surface area contributed by atoms with Gasteiger partial charge in [-0.05, 0) is 5.92 Å². The average Bonchev–Trinajstić information content (AvgIpc) is 2.62. The Morgan fingerprint density at radius 2 is 2.25 bits per heavy atom. The Labute approximate surface area is 94.9 Å². The van der Waals surface area contributed by atoms with E-state index in [1.807, 2.05) is 17.6 Å². The summed E-state index contributed by atoms with van der Waals surface area (Å²) in [5, 5.41) is 0. The number of anilines is 2. The number of nitrogens with two attached hydrogens (primary N) is 1. The van der Waals surface area contributed by atoms with Crippen molar-refractivity contribution in [3.05, 3.63) is 18.6 Å². The SMILES string of the molecule is CC(C)CN(C)c1nc(N)cn2ccnc12. The molecule has 2 heterocycles. The van der Waals surface area contributed by atoms with Gasteiger partial charge in [0, 0.05) is 26.0 Å². The van der Waals surface area contributed by atoms with E-state index in [4.69, 9.17) is 5.73 Å². The lowest BCUT2D eigenvalue weighted by Gasteiger charge is -2.20. The molecule has 0 saturated carbocycles. The minimum absolute atomic E-state index is 0.510. The first kappa shape index (κ1) is 10.7. The Balaban J connectivity index is 2.45. The van der Waals surface area contributed by atoms with Gasteiger partial charge in [0.2, 0.25) is 0 Å². The highest BCUT2D eigenvalue weighted by molar-refractivity contribution is 5.65. The molecule has 16 heavy (non-hydrogen) atoms. The Bertz CT molecular complexity index is 488. The molecule has 0 saturated heterocycles. The molecule has 0 fully saturated rings. The van der Waals surface area contributed by atoms with Crippen LogP contribution in [0.2, 0.25) is 0 Å². The summed E-state index contributed by atoms with van der Waals surface area (Å²) in [6.07, 6.45) is 5.40. The molecule has 0 amide bonds. The van der Waals surface area contributed by atoms with E-state index >= 15 is 0 Å². The first-order valence-corrected chi connectivity index (χ1v) is 5.38. The first-order valence-electron chi connectivity index (χ1n) is 5.38. The van der Waals surface area contributed by atoms with E-state index in [-0.39, 0.29) is 0 Å². The molecule has 86 valence electrons. The third kappa shape index (κ3) is 1.93. The summed E-state index contributed by atoms with van der Waals surface area (Å²) < 4.78 is 1.90. The molecule has 2 aromatic heterocycles. The fourth-order valence-electron chi connectivity index (χ4n) is 1.82. The summed E-state index contributed by atoms with van der Waals surface area (Å²) in [6.45, 7) is 5.27. The predicted octanol–water partition coefficient (Wildman–Crippen LogP) is 1.40. The molecular weight excluding hydrogens is 202 g/mol. The number of rotatable bonds is 3. The fraction of sp³-hybridized carbons (Fsp3) is 0.455. The van der Waals surface area contributed by atoms with Crippen LogP contribution in [-0.4, -0.2) is 28.0 Å². The highest BCUT2D eigenvalue weighted by Gasteiger charge is 2.11. The zero-order valence-corrected chi connectivity index (χ0v) is 9.88. The predicted molar refractivity (Wildman–Crippen MR) is 65.5 cm³/mol. The maximum Gasteiger partial charge on any atom is 0.180 e. The van der Waals surface area contributed by atoms with E-state index in [0.717, 1.165) is 18.0 Å². The number of hydrogen-bond donors (Lipinski definition) is 1. The molecular formula is C11H17N5. The van der Waals surface area contributed by atoms with Gasteiger partial charge in [0.25, 0.3) is 0 Å². The van der Waals surface area contributed by atoms with Crippen LogP contribution in [0, 0.1) is 5.92 Å². The van der Waals surface area contributed by atoms with Gasteiger partial charge in [0.05, 0.1) is 6.20 Å². The van der Waals surface area contributed by atoms with Crippen LogP contribution in [0.25, 0.3) is 5.65 Å². The van der Waals surface area contributed by atoms with E-state index in [1.165, 1.54) is 0 Å². The molecule has 0 radical (unpaired) electrons. The Morgan fingerprint density at radius 1 is 1.50 bits per heavy atom. The smallest absolute Gasteiger partial charge is 0.180 e. The van der Waals surface area contributed by atoms with Crippen LogP contribution in [-0.2, 0) is 0 Å². The molecule has 0 unspecified atom stereocenters. The molecule has 0 aliphatic carbocycles. The van der Waals surface area contributed by atoms with Gasteiger partial charge in [-0.1, -0.05) is 13.8 Å². The number of hydrogen-bond acceptors (Lipinski definition) is 4. The van der Waals surface area contributed by atoms with Crippen molar-refractivity contribution < 1.29 is 0 Å². The van der Waals surface area contributed by atoms with Crippen molar-refractivity contribution in [2.24, 2.45) is 5.92 Å². The van der Waals surface area contributed by atoms with Crippen molar-refractivity contribution in [1.29, 1.82) is 0 Å². The molecule has 2 rings (SSSR count). The van der Waals surface area contributed by atoms with Crippen molar-refractivity contribution in [3.63, 3.8) is 0 Å². The third-order valence-corrected chi connectivity index (χ3v) is 2.38. The van der Waals surface area contributed by atoms with Gasteiger partial charge in [-0.2, -0.15) is 0 Å². The lowest BCUT2D eigenvalue weighted by molar-refractivity contribution is 0.635. The van der Waals surface area contributed by atoms with Gasteiger partial charge in [-0.25, -0.2) is 9.97 Å². The average molecular weight is 219 g/mol. The zero-order chi connectivity index (χ0) is 11.7. The molecule has 0 aromatic carbocycles. The Hall–Kier alpha value is -1.78. The number of fused-ring (bicyclic) bond motifs is 1. The molecule has 2 N–H and O–H groups in total. The van der Waals surface area contributed by atoms with Gasteiger partial charge < -0.3 is 15.0 Å². The Morgan fingerprint density at radius 3 is 2.94 bits per heavy atom. The highest BCUT2D eigenvalue weighted by Crippen LogP contribution is 2.18. The first-order chi connectivity index (χ1) is 7.58. The lowest BCUT2D eigenvalue weighted by atomic mass is 10.2. The second kappa shape index (κ2) is 4.00. The van der Waals surface area contributed by atoms with E-state index in [0.29, 0.717) is 11.7 Å². The van der Waals surface area contributed by atoms with E-state index in [9.17, 15) is 0 Å². The maximum absolute atomic E-state index is 5.77. The number of nitrogen functional groups attached to an aromatic ring is 1. The molecule has 0 atom stereocenters. The van der Waals surface area contributed by atoms with E-state index in [1.54, 1.807) is 12.4 Å². The molecule has 0 spiro atoms. The van der Waals surface area contributed by atoms with Crippen molar-refractivity contribution in [1.82, 2.24) is 14.4 Å². The molecule has 5 heteroatoms. The summed E-state index contributed by atoms with van der Waals surface area (Å²) in [7, 11) is 2.01. The van der Waals surface area contributed by atoms with Crippen LogP contribution >= 0.6 is 0 Å². The van der Waals surface area contributed by atoms with Crippen LogP contribution < -0.4 is 10.6 Å². The maximum atomic E-state index is 5.77. The lowest BCUT2D eigenvalue weighted by Crippen LogP contribution is -2.24. The van der Waals surface area contributed by atoms with Crippen LogP contribution in [0.3, 0.4) is 0 Å². The molecule has 0 bridgehead atoms.